The van der Waals surface area contributed by atoms with Gasteiger partial charge >= 0.3 is 11.4 Å². The van der Waals surface area contributed by atoms with E-state index in [0.29, 0.717) is 0 Å². The number of likely N-dealkylation sites (N-methyl/N-ethyl adjacent to an activating group) is 1. The van der Waals surface area contributed by atoms with E-state index >= 15 is 0 Å². The van der Waals surface area contributed by atoms with Crippen molar-refractivity contribution in [3.05, 3.63) is 32.6 Å². The van der Waals surface area contributed by atoms with E-state index in [1.54, 1.807) is 0 Å². The molecule has 0 aliphatic carbocycles. The second-order valence-electron chi connectivity index (χ2n) is 4.07. The van der Waals surface area contributed by atoms with E-state index in [1.807, 2.05) is 0 Å². The van der Waals surface area contributed by atoms with Crippen LogP contribution in [0.2, 0.25) is 0 Å². The van der Waals surface area contributed by atoms with Crippen LogP contribution < -0.4 is 11.4 Å². The molecule has 8 heteroatoms. The molecule has 1 aliphatic rings. The number of aromatic nitrogens is 3. The number of hydrogen-bond donors (Lipinski definition) is 0. The largest absolute Gasteiger partial charge is 0.347 e. The first kappa shape index (κ1) is 12.1. The minimum Gasteiger partial charge on any atom is -0.278 e. The van der Waals surface area contributed by atoms with Crippen LogP contribution in [0.4, 0.5) is 0 Å². The van der Waals surface area contributed by atoms with Crippen molar-refractivity contribution in [2.24, 2.45) is 14.1 Å². The van der Waals surface area contributed by atoms with E-state index in [1.165, 1.54) is 21.1 Å². The molecule has 0 N–H and O–H groups in total. The predicted molar refractivity (Wildman–Crippen MR) is 60.8 cm³/mol. The number of nitrogens with zero attached hydrogens (tertiary/aromatic N) is 4. The van der Waals surface area contributed by atoms with Gasteiger partial charge in [0, 0.05) is 32.8 Å². The first-order chi connectivity index (χ1) is 8.34. The summed E-state index contributed by atoms with van der Waals surface area (Å²) in [6, 6.07) is 0. The zero-order chi connectivity index (χ0) is 13.6. The molecular weight excluding hydrogens is 240 g/mol. The smallest absolute Gasteiger partial charge is 0.278 e. The van der Waals surface area contributed by atoms with Gasteiger partial charge in [-0.15, -0.1) is 0 Å². The van der Waals surface area contributed by atoms with Gasteiger partial charge in [0.1, 0.15) is 0 Å². The average Bonchev–Trinajstić information content (AvgIpc) is 2.68. The molecule has 0 bridgehead atoms. The maximum Gasteiger partial charge on any atom is 0.347 e. The SMILES string of the molecule is CN1C(=O)C=C(Cn2c(=O)n(C)n(C)c2=O)C1=O. The Morgan fingerprint density at radius 3 is 1.83 bits per heavy atom. The summed E-state index contributed by atoms with van der Waals surface area (Å²) in [5.41, 5.74) is -0.927. The highest BCUT2D eigenvalue weighted by Gasteiger charge is 2.28. The molecule has 2 rings (SSSR count). The summed E-state index contributed by atoms with van der Waals surface area (Å²) < 4.78 is 3.18. The highest BCUT2D eigenvalue weighted by Crippen LogP contribution is 2.11. The van der Waals surface area contributed by atoms with E-state index in [0.717, 1.165) is 24.9 Å². The number of amides is 2. The molecule has 0 atom stereocenters. The maximum atomic E-state index is 11.7. The minimum atomic E-state index is -0.529. The van der Waals surface area contributed by atoms with Crippen LogP contribution in [-0.2, 0) is 30.2 Å². The molecule has 8 nitrogen and oxygen atoms in total. The average molecular weight is 252 g/mol. The Balaban J connectivity index is 2.44. The van der Waals surface area contributed by atoms with Gasteiger partial charge in [-0.1, -0.05) is 0 Å². The third kappa shape index (κ3) is 1.53. The van der Waals surface area contributed by atoms with Gasteiger partial charge in [-0.3, -0.25) is 14.5 Å². The molecule has 0 radical (unpaired) electrons. The van der Waals surface area contributed by atoms with Gasteiger partial charge in [0.15, 0.2) is 0 Å². The lowest BCUT2D eigenvalue weighted by atomic mass is 10.2. The second kappa shape index (κ2) is 3.83. The van der Waals surface area contributed by atoms with Crippen molar-refractivity contribution >= 4 is 11.8 Å². The molecular formula is C10H12N4O4. The number of hydrogen-bond acceptors (Lipinski definition) is 4. The summed E-state index contributed by atoms with van der Waals surface area (Å²) in [4.78, 5) is 47.3. The van der Waals surface area contributed by atoms with Gasteiger partial charge in [-0.25, -0.2) is 23.5 Å². The fourth-order valence-corrected chi connectivity index (χ4v) is 1.73. The topological polar surface area (TPSA) is 86.3 Å². The molecule has 0 spiro atoms. The summed E-state index contributed by atoms with van der Waals surface area (Å²) in [6.45, 7) is -0.193. The van der Waals surface area contributed by atoms with Crippen LogP contribution in [-0.4, -0.2) is 37.7 Å². The monoisotopic (exact) mass is 252 g/mol. The van der Waals surface area contributed by atoms with Crippen LogP contribution in [0.25, 0.3) is 0 Å². The Bertz CT molecular complexity index is 654. The van der Waals surface area contributed by atoms with Crippen LogP contribution in [0, 0.1) is 0 Å². The molecule has 96 valence electrons. The third-order valence-corrected chi connectivity index (χ3v) is 3.00. The molecule has 2 heterocycles. The highest BCUT2D eigenvalue weighted by atomic mass is 16.2. The lowest BCUT2D eigenvalue weighted by molar-refractivity contribution is -0.135. The van der Waals surface area contributed by atoms with Crippen LogP contribution in [0.3, 0.4) is 0 Å². The van der Waals surface area contributed by atoms with Crippen molar-refractivity contribution in [3.63, 3.8) is 0 Å². The van der Waals surface area contributed by atoms with E-state index in [2.05, 4.69) is 0 Å². The molecule has 0 fully saturated rings. The van der Waals surface area contributed by atoms with E-state index < -0.39 is 23.2 Å². The van der Waals surface area contributed by atoms with Gasteiger partial charge in [0.2, 0.25) is 0 Å². The summed E-state index contributed by atoms with van der Waals surface area (Å²) in [6.07, 6.45) is 1.14. The Morgan fingerprint density at radius 2 is 1.44 bits per heavy atom. The van der Waals surface area contributed by atoms with Gasteiger partial charge in [-0.2, -0.15) is 0 Å². The molecule has 1 aliphatic heterocycles. The maximum absolute atomic E-state index is 11.7. The summed E-state index contributed by atoms with van der Waals surface area (Å²) in [5, 5.41) is 0. The van der Waals surface area contributed by atoms with Crippen LogP contribution in [0.5, 0.6) is 0 Å². The standard InChI is InChI=1S/C10H12N4O4/c1-11-7(15)4-6(8(11)16)5-14-9(17)12(2)13(3)10(14)18/h4H,5H2,1-3H3. The summed E-state index contributed by atoms with van der Waals surface area (Å²) in [5.74, 6) is -0.936. The first-order valence-corrected chi connectivity index (χ1v) is 5.20. The second-order valence-corrected chi connectivity index (χ2v) is 4.07. The lowest BCUT2D eigenvalue weighted by Gasteiger charge is -2.06. The van der Waals surface area contributed by atoms with Crippen molar-refractivity contribution < 1.29 is 9.59 Å². The fraction of sp³-hybridized carbons (Fsp3) is 0.400. The van der Waals surface area contributed by atoms with Crippen molar-refractivity contribution in [2.45, 2.75) is 6.54 Å². The Hall–Kier alpha value is -2.38. The molecule has 18 heavy (non-hydrogen) atoms. The predicted octanol–water partition coefficient (Wildman–Crippen LogP) is -2.19. The normalized spacial score (nSPS) is 15.5. The number of imide groups is 1. The highest BCUT2D eigenvalue weighted by molar-refractivity contribution is 6.15. The number of rotatable bonds is 2. The van der Waals surface area contributed by atoms with Gasteiger partial charge in [0.25, 0.3) is 11.8 Å². The zero-order valence-electron chi connectivity index (χ0n) is 10.2. The molecule has 0 saturated heterocycles. The molecule has 0 aromatic carbocycles. The van der Waals surface area contributed by atoms with E-state index in [9.17, 15) is 19.2 Å². The van der Waals surface area contributed by atoms with Crippen molar-refractivity contribution in [1.29, 1.82) is 0 Å². The van der Waals surface area contributed by atoms with Crippen LogP contribution >= 0.6 is 0 Å². The molecule has 1 aromatic rings. The summed E-state index contributed by atoms with van der Waals surface area (Å²) in [7, 11) is 4.24. The Morgan fingerprint density at radius 1 is 0.944 bits per heavy atom. The summed E-state index contributed by atoms with van der Waals surface area (Å²) >= 11 is 0. The third-order valence-electron chi connectivity index (χ3n) is 3.00. The molecule has 0 saturated carbocycles. The molecule has 1 aromatic heterocycles. The lowest BCUT2D eigenvalue weighted by Crippen LogP contribution is -2.32. The van der Waals surface area contributed by atoms with E-state index in [-0.39, 0.29) is 12.1 Å². The number of carbonyl (C=O) groups is 2. The van der Waals surface area contributed by atoms with Gasteiger partial charge in [0.05, 0.1) is 6.54 Å². The van der Waals surface area contributed by atoms with Crippen LogP contribution in [0.15, 0.2) is 21.2 Å². The van der Waals surface area contributed by atoms with Crippen molar-refractivity contribution in [1.82, 2.24) is 18.8 Å². The fourth-order valence-electron chi connectivity index (χ4n) is 1.73. The van der Waals surface area contributed by atoms with Crippen molar-refractivity contribution in [3.8, 4) is 0 Å². The minimum absolute atomic E-state index is 0.132. The Kier molecular flexibility index (Phi) is 2.57. The van der Waals surface area contributed by atoms with Gasteiger partial charge < -0.3 is 0 Å². The Labute approximate surface area is 101 Å². The zero-order valence-corrected chi connectivity index (χ0v) is 10.2. The van der Waals surface area contributed by atoms with Gasteiger partial charge in [-0.05, 0) is 0 Å². The first-order valence-electron chi connectivity index (χ1n) is 5.20. The van der Waals surface area contributed by atoms with Crippen LogP contribution in [0.1, 0.15) is 0 Å². The molecule has 0 unspecified atom stereocenters. The molecule has 2 amide bonds. The number of carbonyl (C=O) groups excluding carboxylic acids is 2. The van der Waals surface area contributed by atoms with Crippen molar-refractivity contribution in [2.75, 3.05) is 7.05 Å². The quantitative estimate of drug-likeness (QED) is 0.559. The van der Waals surface area contributed by atoms with E-state index in [4.69, 9.17) is 0 Å².